The van der Waals surface area contributed by atoms with Gasteiger partial charge in [0.1, 0.15) is 6.10 Å². The number of hydrogen-bond acceptors (Lipinski definition) is 3. The summed E-state index contributed by atoms with van der Waals surface area (Å²) < 4.78 is 0. The van der Waals surface area contributed by atoms with Crippen molar-refractivity contribution in [1.29, 1.82) is 0 Å². The van der Waals surface area contributed by atoms with E-state index >= 15 is 0 Å². The molecule has 1 aliphatic rings. The number of carbonyl (C=O) groups is 1. The molecule has 0 spiro atoms. The fraction of sp³-hybridized carbons (Fsp3) is 0.382. The number of hydrogen-bond donors (Lipinski definition) is 2. The minimum absolute atomic E-state index is 0.0127. The van der Waals surface area contributed by atoms with Crippen LogP contribution in [0, 0.1) is 11.8 Å². The quantitative estimate of drug-likeness (QED) is 0.342. The van der Waals surface area contributed by atoms with Crippen molar-refractivity contribution in [2.75, 3.05) is 18.0 Å². The predicted octanol–water partition coefficient (Wildman–Crippen LogP) is 7.33. The zero-order valence-corrected chi connectivity index (χ0v) is 23.4. The Labute approximate surface area is 227 Å². The van der Waals surface area contributed by atoms with Gasteiger partial charge in [-0.3, -0.25) is 0 Å². The number of fused-ring (bicyclic) bond motifs is 1. The molecule has 1 aliphatic carbocycles. The van der Waals surface area contributed by atoms with Gasteiger partial charge < -0.3 is 15.1 Å². The van der Waals surface area contributed by atoms with Crippen molar-refractivity contribution in [3.63, 3.8) is 0 Å². The highest BCUT2D eigenvalue weighted by molar-refractivity contribution is 5.87. The van der Waals surface area contributed by atoms with Gasteiger partial charge in [0.05, 0.1) is 5.56 Å². The third-order valence-corrected chi connectivity index (χ3v) is 8.05. The van der Waals surface area contributed by atoms with Crippen LogP contribution >= 0.6 is 0 Å². The van der Waals surface area contributed by atoms with Crippen LogP contribution in [0.15, 0.2) is 60.7 Å². The van der Waals surface area contributed by atoms with Gasteiger partial charge in [-0.2, -0.15) is 0 Å². The van der Waals surface area contributed by atoms with Gasteiger partial charge in [-0.05, 0) is 108 Å². The van der Waals surface area contributed by atoms with E-state index in [1.54, 1.807) is 12.1 Å². The minimum atomic E-state index is -0.971. The monoisotopic (exact) mass is 509 g/mol. The minimum Gasteiger partial charge on any atom is -0.478 e. The summed E-state index contributed by atoms with van der Waals surface area (Å²) in [5.41, 5.74) is 7.82. The number of carboxylic acid groups (broad SMARTS) is 1. The molecule has 4 heteroatoms. The van der Waals surface area contributed by atoms with Crippen LogP contribution in [0.25, 0.3) is 11.1 Å². The standard InChI is InChI=1S/C34H39NO3/c1-7-35(8-2)27-16-14-24(15-17-27)28-21-26(22-29-31(28)34(5,6)20-19-33(29,3)4)30(36)18-11-23-9-12-25(13-10-23)32(37)38/h9-10,12-17,21-22,30,36H,7-8,19-20H2,1-6H3,(H,37,38). The van der Waals surface area contributed by atoms with E-state index in [9.17, 15) is 9.90 Å². The van der Waals surface area contributed by atoms with Crippen LogP contribution in [-0.2, 0) is 10.8 Å². The van der Waals surface area contributed by atoms with E-state index in [0.717, 1.165) is 42.6 Å². The molecule has 1 atom stereocenters. The maximum absolute atomic E-state index is 11.2. The maximum atomic E-state index is 11.2. The number of aromatic carboxylic acids is 1. The van der Waals surface area contributed by atoms with Crippen molar-refractivity contribution in [2.24, 2.45) is 0 Å². The maximum Gasteiger partial charge on any atom is 0.335 e. The van der Waals surface area contributed by atoms with Gasteiger partial charge in [0.15, 0.2) is 0 Å². The Kier molecular flexibility index (Phi) is 7.72. The van der Waals surface area contributed by atoms with E-state index in [-0.39, 0.29) is 16.4 Å². The van der Waals surface area contributed by atoms with E-state index in [1.165, 1.54) is 28.9 Å². The Morgan fingerprint density at radius 2 is 1.53 bits per heavy atom. The summed E-state index contributed by atoms with van der Waals surface area (Å²) in [6, 6.07) is 19.5. The van der Waals surface area contributed by atoms with Crippen LogP contribution in [0.5, 0.6) is 0 Å². The summed E-state index contributed by atoms with van der Waals surface area (Å²) in [6.07, 6.45) is 1.22. The molecule has 0 aliphatic heterocycles. The SMILES string of the molecule is CCN(CC)c1ccc(-c2cc(C(O)C#Cc3ccc(C(=O)O)cc3)cc3c2C(C)(C)CCC3(C)C)cc1. The fourth-order valence-corrected chi connectivity index (χ4v) is 5.57. The molecule has 0 bridgehead atoms. The molecule has 0 aromatic heterocycles. The van der Waals surface area contributed by atoms with Crippen molar-refractivity contribution in [2.45, 2.75) is 71.3 Å². The highest BCUT2D eigenvalue weighted by atomic mass is 16.4. The molecule has 4 nitrogen and oxygen atoms in total. The fourth-order valence-electron chi connectivity index (χ4n) is 5.57. The first kappa shape index (κ1) is 27.5. The first-order valence-electron chi connectivity index (χ1n) is 13.5. The molecular weight excluding hydrogens is 470 g/mol. The summed E-state index contributed by atoms with van der Waals surface area (Å²) in [5, 5.41) is 20.3. The third-order valence-electron chi connectivity index (χ3n) is 8.05. The Balaban J connectivity index is 1.81. The van der Waals surface area contributed by atoms with Gasteiger partial charge >= 0.3 is 5.97 Å². The largest absolute Gasteiger partial charge is 0.478 e. The molecule has 0 saturated carbocycles. The molecule has 0 amide bonds. The Hall–Kier alpha value is -3.55. The highest BCUT2D eigenvalue weighted by Gasteiger charge is 2.39. The molecule has 0 radical (unpaired) electrons. The van der Waals surface area contributed by atoms with Crippen molar-refractivity contribution >= 4 is 11.7 Å². The van der Waals surface area contributed by atoms with E-state index in [0.29, 0.717) is 5.56 Å². The normalized spacial score (nSPS) is 16.1. The molecule has 38 heavy (non-hydrogen) atoms. The lowest BCUT2D eigenvalue weighted by Gasteiger charge is -2.43. The van der Waals surface area contributed by atoms with Crippen molar-refractivity contribution in [3.8, 4) is 23.0 Å². The lowest BCUT2D eigenvalue weighted by atomic mass is 9.61. The number of nitrogens with zero attached hydrogens (tertiary/aromatic N) is 1. The van der Waals surface area contributed by atoms with Crippen LogP contribution in [0.2, 0.25) is 0 Å². The molecule has 3 aromatic carbocycles. The average molecular weight is 510 g/mol. The lowest BCUT2D eigenvalue weighted by molar-refractivity contribution is 0.0697. The van der Waals surface area contributed by atoms with Gasteiger partial charge in [0, 0.05) is 24.3 Å². The van der Waals surface area contributed by atoms with E-state index in [1.807, 2.05) is 0 Å². The van der Waals surface area contributed by atoms with Gasteiger partial charge in [-0.25, -0.2) is 4.79 Å². The molecule has 0 heterocycles. The van der Waals surface area contributed by atoms with E-state index < -0.39 is 12.1 Å². The number of benzene rings is 3. The third kappa shape index (κ3) is 5.49. The van der Waals surface area contributed by atoms with Crippen molar-refractivity contribution < 1.29 is 15.0 Å². The molecule has 1 unspecified atom stereocenters. The second kappa shape index (κ2) is 10.7. The van der Waals surface area contributed by atoms with Crippen LogP contribution < -0.4 is 4.90 Å². The lowest BCUT2D eigenvalue weighted by Crippen LogP contribution is -2.34. The zero-order chi connectivity index (χ0) is 27.7. The van der Waals surface area contributed by atoms with Crippen molar-refractivity contribution in [1.82, 2.24) is 0 Å². The number of aliphatic hydroxyl groups excluding tert-OH is 1. The van der Waals surface area contributed by atoms with Gasteiger partial charge in [0.2, 0.25) is 0 Å². The van der Waals surface area contributed by atoms with Crippen LogP contribution in [-0.4, -0.2) is 29.3 Å². The van der Waals surface area contributed by atoms with Crippen LogP contribution in [0.1, 0.15) is 93.1 Å². The topological polar surface area (TPSA) is 60.8 Å². The first-order chi connectivity index (χ1) is 18.0. The number of aliphatic hydroxyl groups is 1. The summed E-state index contributed by atoms with van der Waals surface area (Å²) in [5.74, 6) is 5.04. The number of anilines is 1. The van der Waals surface area contributed by atoms with Crippen molar-refractivity contribution in [3.05, 3.63) is 88.5 Å². The van der Waals surface area contributed by atoms with E-state index in [2.05, 4.69) is 94.7 Å². The van der Waals surface area contributed by atoms with Crippen LogP contribution in [0.3, 0.4) is 0 Å². The first-order valence-corrected chi connectivity index (χ1v) is 13.5. The second-order valence-electron chi connectivity index (χ2n) is 11.5. The molecule has 3 aromatic rings. The highest BCUT2D eigenvalue weighted by Crippen LogP contribution is 2.50. The molecule has 0 saturated heterocycles. The summed E-state index contributed by atoms with van der Waals surface area (Å²) >= 11 is 0. The molecular formula is C34H39NO3. The van der Waals surface area contributed by atoms with Gasteiger partial charge in [0.25, 0.3) is 0 Å². The van der Waals surface area contributed by atoms with Crippen LogP contribution in [0.4, 0.5) is 5.69 Å². The predicted molar refractivity (Wildman–Crippen MR) is 156 cm³/mol. The Morgan fingerprint density at radius 1 is 0.921 bits per heavy atom. The molecule has 0 fully saturated rings. The Morgan fingerprint density at radius 3 is 2.11 bits per heavy atom. The van der Waals surface area contributed by atoms with Gasteiger partial charge in [-0.15, -0.1) is 0 Å². The molecule has 4 rings (SSSR count). The zero-order valence-electron chi connectivity index (χ0n) is 23.4. The molecule has 198 valence electrons. The average Bonchev–Trinajstić information content (AvgIpc) is 2.90. The second-order valence-corrected chi connectivity index (χ2v) is 11.5. The Bertz CT molecular complexity index is 1370. The number of carboxylic acids is 1. The van der Waals surface area contributed by atoms with Gasteiger partial charge in [-0.1, -0.05) is 57.7 Å². The number of rotatable bonds is 6. The summed E-state index contributed by atoms with van der Waals surface area (Å²) in [6.45, 7) is 15.5. The summed E-state index contributed by atoms with van der Waals surface area (Å²) in [7, 11) is 0. The summed E-state index contributed by atoms with van der Waals surface area (Å²) in [4.78, 5) is 13.5. The van der Waals surface area contributed by atoms with E-state index in [4.69, 9.17) is 5.11 Å². The molecule has 2 N–H and O–H groups in total. The smallest absolute Gasteiger partial charge is 0.335 e.